The van der Waals surface area contributed by atoms with Gasteiger partial charge in [-0.3, -0.25) is 4.79 Å². The zero-order valence-electron chi connectivity index (χ0n) is 11.8. The van der Waals surface area contributed by atoms with E-state index < -0.39 is 0 Å². The third-order valence-electron chi connectivity index (χ3n) is 4.90. The Labute approximate surface area is 113 Å². The van der Waals surface area contributed by atoms with Crippen molar-refractivity contribution < 1.29 is 9.32 Å². The van der Waals surface area contributed by atoms with E-state index in [-0.39, 0.29) is 11.7 Å². The Kier molecular flexibility index (Phi) is 3.17. The third kappa shape index (κ3) is 2.20. The largest absolute Gasteiger partial charge is 0.339 e. The number of hydrogen-bond acceptors (Lipinski definition) is 5. The number of Topliss-reactive ketones (excluding diaryl/α,β-unsaturated/α-hetero) is 1. The highest BCUT2D eigenvalue weighted by Gasteiger charge is 2.40. The monoisotopic (exact) mass is 263 g/mol. The predicted octanol–water partition coefficient (Wildman–Crippen LogP) is 2.10. The molecule has 1 aromatic rings. The lowest BCUT2D eigenvalue weighted by molar-refractivity contribution is -0.118. The van der Waals surface area contributed by atoms with Gasteiger partial charge in [0.05, 0.1) is 5.92 Å². The summed E-state index contributed by atoms with van der Waals surface area (Å²) in [4.78, 5) is 18.3. The molecule has 5 heteroatoms. The van der Waals surface area contributed by atoms with Gasteiger partial charge in [-0.2, -0.15) is 4.98 Å². The number of carbonyl (C=O) groups excluding carboxylic acids is 1. The molecule has 3 heterocycles. The molecule has 3 atom stereocenters. The van der Waals surface area contributed by atoms with Crippen molar-refractivity contribution in [3.05, 3.63) is 11.7 Å². The second kappa shape index (κ2) is 4.71. The molecule has 0 aliphatic carbocycles. The van der Waals surface area contributed by atoms with Crippen LogP contribution in [0.15, 0.2) is 4.52 Å². The maximum absolute atomic E-state index is 11.4. The molecule has 2 aliphatic rings. The molecule has 0 spiro atoms. The molecule has 2 saturated heterocycles. The standard InChI is InChI=1S/C14H21N3O2/c1-8(9(2)18)14-15-13(16-19-14)10-6-11-4-5-12(7-10)17(11)3/h8,10-12H,4-7H2,1-3H3. The van der Waals surface area contributed by atoms with Gasteiger partial charge in [0.2, 0.25) is 5.89 Å². The van der Waals surface area contributed by atoms with Gasteiger partial charge < -0.3 is 9.42 Å². The number of aromatic nitrogens is 2. The van der Waals surface area contributed by atoms with Crippen LogP contribution in [0.2, 0.25) is 0 Å². The first kappa shape index (κ1) is 12.8. The van der Waals surface area contributed by atoms with E-state index in [0.717, 1.165) is 18.7 Å². The zero-order chi connectivity index (χ0) is 13.6. The van der Waals surface area contributed by atoms with E-state index in [2.05, 4.69) is 22.1 Å². The van der Waals surface area contributed by atoms with Crippen molar-refractivity contribution in [2.45, 2.75) is 63.5 Å². The molecule has 2 fully saturated rings. The van der Waals surface area contributed by atoms with Crippen LogP contribution in [0.3, 0.4) is 0 Å². The molecule has 1 aromatic heterocycles. The fourth-order valence-electron chi connectivity index (χ4n) is 3.39. The van der Waals surface area contributed by atoms with Crippen LogP contribution in [0, 0.1) is 0 Å². The number of hydrogen-bond donors (Lipinski definition) is 0. The number of piperidine rings is 1. The van der Waals surface area contributed by atoms with Crippen LogP contribution in [0.25, 0.3) is 0 Å². The van der Waals surface area contributed by atoms with Gasteiger partial charge >= 0.3 is 0 Å². The molecule has 0 amide bonds. The molecule has 3 unspecified atom stereocenters. The fourth-order valence-corrected chi connectivity index (χ4v) is 3.39. The van der Waals surface area contributed by atoms with E-state index in [0.29, 0.717) is 23.9 Å². The summed E-state index contributed by atoms with van der Waals surface area (Å²) >= 11 is 0. The van der Waals surface area contributed by atoms with Crippen LogP contribution in [0.5, 0.6) is 0 Å². The minimum Gasteiger partial charge on any atom is -0.339 e. The van der Waals surface area contributed by atoms with Crippen molar-refractivity contribution in [3.63, 3.8) is 0 Å². The van der Waals surface area contributed by atoms with E-state index in [4.69, 9.17) is 4.52 Å². The lowest BCUT2D eigenvalue weighted by atomic mass is 9.90. The summed E-state index contributed by atoms with van der Waals surface area (Å²) in [5.74, 6) is 1.44. The van der Waals surface area contributed by atoms with Crippen molar-refractivity contribution in [2.24, 2.45) is 0 Å². The van der Waals surface area contributed by atoms with Crippen LogP contribution in [-0.4, -0.2) is 40.0 Å². The van der Waals surface area contributed by atoms with Crippen molar-refractivity contribution in [2.75, 3.05) is 7.05 Å². The summed E-state index contributed by atoms with van der Waals surface area (Å²) in [6.45, 7) is 3.38. The summed E-state index contributed by atoms with van der Waals surface area (Å²) < 4.78 is 5.26. The first-order chi connectivity index (χ1) is 9.06. The average molecular weight is 263 g/mol. The molecule has 0 saturated carbocycles. The first-order valence-electron chi connectivity index (χ1n) is 7.12. The van der Waals surface area contributed by atoms with Gasteiger partial charge in [-0.15, -0.1) is 0 Å². The highest BCUT2D eigenvalue weighted by atomic mass is 16.5. The molecule has 0 N–H and O–H groups in total. The van der Waals surface area contributed by atoms with Crippen LogP contribution >= 0.6 is 0 Å². The summed E-state index contributed by atoms with van der Waals surface area (Å²) in [6.07, 6.45) is 4.79. The lowest BCUT2D eigenvalue weighted by Crippen LogP contribution is -2.39. The number of fused-ring (bicyclic) bond motifs is 2. The van der Waals surface area contributed by atoms with Gasteiger partial charge in [-0.1, -0.05) is 5.16 Å². The molecule has 2 aliphatic heterocycles. The Morgan fingerprint density at radius 1 is 1.37 bits per heavy atom. The molecular formula is C14H21N3O2. The smallest absolute Gasteiger partial charge is 0.236 e. The summed E-state index contributed by atoms with van der Waals surface area (Å²) in [5.41, 5.74) is 0. The number of nitrogens with zero attached hydrogens (tertiary/aromatic N) is 3. The quantitative estimate of drug-likeness (QED) is 0.835. The van der Waals surface area contributed by atoms with E-state index in [1.807, 2.05) is 6.92 Å². The van der Waals surface area contributed by atoms with Gasteiger partial charge in [-0.05, 0) is 46.6 Å². The maximum atomic E-state index is 11.4. The second-order valence-electron chi connectivity index (χ2n) is 6.04. The molecule has 0 radical (unpaired) electrons. The van der Waals surface area contributed by atoms with Gasteiger partial charge in [0.25, 0.3) is 0 Å². The van der Waals surface area contributed by atoms with Crippen molar-refractivity contribution >= 4 is 5.78 Å². The Hall–Kier alpha value is -1.23. The SMILES string of the molecule is CC(=O)C(C)c1nc(C2CC3CCC(C2)N3C)no1. The predicted molar refractivity (Wildman–Crippen MR) is 69.9 cm³/mol. The molecule has 5 nitrogen and oxygen atoms in total. The molecule has 0 aromatic carbocycles. The summed E-state index contributed by atoms with van der Waals surface area (Å²) in [5, 5.41) is 4.11. The topological polar surface area (TPSA) is 59.2 Å². The van der Waals surface area contributed by atoms with Crippen LogP contribution in [0.4, 0.5) is 0 Å². The Morgan fingerprint density at radius 2 is 2.00 bits per heavy atom. The highest BCUT2D eigenvalue weighted by Crippen LogP contribution is 2.41. The first-order valence-corrected chi connectivity index (χ1v) is 7.12. The lowest BCUT2D eigenvalue weighted by Gasteiger charge is -2.34. The molecular weight excluding hydrogens is 242 g/mol. The minimum absolute atomic E-state index is 0.0682. The van der Waals surface area contributed by atoms with Crippen LogP contribution in [-0.2, 0) is 4.79 Å². The van der Waals surface area contributed by atoms with Crippen molar-refractivity contribution in [1.29, 1.82) is 0 Å². The third-order valence-corrected chi connectivity index (χ3v) is 4.90. The molecule has 3 rings (SSSR count). The maximum Gasteiger partial charge on any atom is 0.236 e. The Morgan fingerprint density at radius 3 is 2.58 bits per heavy atom. The second-order valence-corrected chi connectivity index (χ2v) is 6.04. The zero-order valence-corrected chi connectivity index (χ0v) is 11.8. The number of carbonyl (C=O) groups is 1. The van der Waals surface area contributed by atoms with Gasteiger partial charge in [0.15, 0.2) is 5.82 Å². The Bertz CT molecular complexity index is 471. The average Bonchev–Trinajstić information content (AvgIpc) is 2.92. The van der Waals surface area contributed by atoms with Crippen LogP contribution < -0.4 is 0 Å². The summed E-state index contributed by atoms with van der Waals surface area (Å²) in [7, 11) is 2.22. The fraction of sp³-hybridized carbons (Fsp3) is 0.786. The number of ketones is 1. The van der Waals surface area contributed by atoms with E-state index in [1.165, 1.54) is 12.8 Å². The van der Waals surface area contributed by atoms with Gasteiger partial charge in [-0.25, -0.2) is 0 Å². The highest BCUT2D eigenvalue weighted by molar-refractivity contribution is 5.81. The van der Waals surface area contributed by atoms with Crippen molar-refractivity contribution in [1.82, 2.24) is 15.0 Å². The normalized spacial score (nSPS) is 32.5. The number of rotatable bonds is 3. The summed E-state index contributed by atoms with van der Waals surface area (Å²) in [6, 6.07) is 1.33. The van der Waals surface area contributed by atoms with E-state index >= 15 is 0 Å². The van der Waals surface area contributed by atoms with E-state index in [1.54, 1.807) is 6.92 Å². The van der Waals surface area contributed by atoms with Crippen LogP contribution in [0.1, 0.15) is 63.1 Å². The molecule has 104 valence electrons. The van der Waals surface area contributed by atoms with Gasteiger partial charge in [0, 0.05) is 18.0 Å². The molecule has 19 heavy (non-hydrogen) atoms. The minimum atomic E-state index is -0.288. The van der Waals surface area contributed by atoms with Crippen molar-refractivity contribution in [3.8, 4) is 0 Å². The molecule has 2 bridgehead atoms. The van der Waals surface area contributed by atoms with Gasteiger partial charge in [0.1, 0.15) is 5.78 Å². The Balaban J connectivity index is 1.75. The van der Waals surface area contributed by atoms with E-state index in [9.17, 15) is 4.79 Å².